The number of hydrogen-bond acceptors (Lipinski definition) is 3. The van der Waals surface area contributed by atoms with Crippen LogP contribution in [0.1, 0.15) is 31.4 Å². The molecule has 0 aliphatic carbocycles. The lowest BCUT2D eigenvalue weighted by Gasteiger charge is -2.14. The molecule has 4 heteroatoms. The van der Waals surface area contributed by atoms with Gasteiger partial charge in [0, 0.05) is 12.5 Å². The predicted octanol–water partition coefficient (Wildman–Crippen LogP) is 1.36. The quantitative estimate of drug-likeness (QED) is 0.788. The third-order valence-corrected chi connectivity index (χ3v) is 2.35. The minimum atomic E-state index is -0.163. The van der Waals surface area contributed by atoms with Crippen molar-refractivity contribution in [2.75, 3.05) is 6.54 Å². The number of aryl methyl sites for hydroxylation is 1. The van der Waals surface area contributed by atoms with Gasteiger partial charge < -0.3 is 15.5 Å². The van der Waals surface area contributed by atoms with Gasteiger partial charge in [0.25, 0.3) is 0 Å². The number of nitrogens with two attached hydrogens (primary N) is 1. The summed E-state index contributed by atoms with van der Waals surface area (Å²) in [5.41, 5.74) is 5.41. The van der Waals surface area contributed by atoms with E-state index in [0.717, 1.165) is 11.5 Å². The Morgan fingerprint density at radius 3 is 2.67 bits per heavy atom. The van der Waals surface area contributed by atoms with E-state index in [1.54, 1.807) is 6.92 Å². The van der Waals surface area contributed by atoms with Gasteiger partial charge in [-0.2, -0.15) is 0 Å². The fourth-order valence-corrected chi connectivity index (χ4v) is 1.22. The normalized spacial score (nSPS) is 14.7. The largest absolute Gasteiger partial charge is 0.464 e. The van der Waals surface area contributed by atoms with Crippen molar-refractivity contribution in [3.63, 3.8) is 0 Å². The molecule has 1 rings (SSSR count). The van der Waals surface area contributed by atoms with Gasteiger partial charge in [-0.1, -0.05) is 6.92 Å². The number of hydrogen-bond donors (Lipinski definition) is 2. The molecule has 1 aromatic heterocycles. The van der Waals surface area contributed by atoms with E-state index >= 15 is 0 Å². The van der Waals surface area contributed by atoms with Gasteiger partial charge in [-0.05, 0) is 26.0 Å². The maximum atomic E-state index is 11.5. The van der Waals surface area contributed by atoms with Crippen molar-refractivity contribution in [2.45, 2.75) is 26.8 Å². The summed E-state index contributed by atoms with van der Waals surface area (Å²) in [5, 5.41) is 2.85. The van der Waals surface area contributed by atoms with Gasteiger partial charge in [0.2, 0.25) is 5.91 Å². The zero-order valence-electron chi connectivity index (χ0n) is 9.41. The molecule has 0 aliphatic heterocycles. The van der Waals surface area contributed by atoms with Crippen LogP contribution in [-0.2, 0) is 4.79 Å². The second kappa shape index (κ2) is 4.98. The van der Waals surface area contributed by atoms with E-state index in [2.05, 4.69) is 5.32 Å². The number of furan rings is 1. The van der Waals surface area contributed by atoms with Crippen LogP contribution < -0.4 is 11.1 Å². The van der Waals surface area contributed by atoms with Crippen LogP contribution in [0.5, 0.6) is 0 Å². The van der Waals surface area contributed by atoms with Crippen LogP contribution in [0.25, 0.3) is 0 Å². The Morgan fingerprint density at radius 1 is 1.53 bits per heavy atom. The third-order valence-electron chi connectivity index (χ3n) is 2.35. The molecular weight excluding hydrogens is 192 g/mol. The molecule has 4 nitrogen and oxygen atoms in total. The van der Waals surface area contributed by atoms with Crippen molar-refractivity contribution in [1.82, 2.24) is 5.32 Å². The molecule has 0 fully saturated rings. The van der Waals surface area contributed by atoms with Gasteiger partial charge in [0.1, 0.15) is 11.5 Å². The van der Waals surface area contributed by atoms with Crippen LogP contribution in [0.3, 0.4) is 0 Å². The molecule has 2 unspecified atom stereocenters. The molecule has 0 aliphatic rings. The first-order valence-corrected chi connectivity index (χ1v) is 5.11. The lowest BCUT2D eigenvalue weighted by molar-refractivity contribution is -0.125. The van der Waals surface area contributed by atoms with Gasteiger partial charge in [-0.3, -0.25) is 4.79 Å². The highest BCUT2D eigenvalue weighted by Gasteiger charge is 2.16. The van der Waals surface area contributed by atoms with E-state index in [1.165, 1.54) is 0 Å². The molecule has 0 saturated heterocycles. The molecule has 1 aromatic rings. The highest BCUT2D eigenvalue weighted by Crippen LogP contribution is 2.15. The fraction of sp³-hybridized carbons (Fsp3) is 0.545. The van der Waals surface area contributed by atoms with Crippen LogP contribution in [0.4, 0.5) is 0 Å². The first kappa shape index (κ1) is 11.8. The Bertz CT molecular complexity index is 333. The Morgan fingerprint density at radius 2 is 2.20 bits per heavy atom. The van der Waals surface area contributed by atoms with Crippen LogP contribution in [0, 0.1) is 12.8 Å². The third kappa shape index (κ3) is 3.09. The van der Waals surface area contributed by atoms with Gasteiger partial charge >= 0.3 is 0 Å². The van der Waals surface area contributed by atoms with Crippen molar-refractivity contribution in [3.8, 4) is 0 Å². The van der Waals surface area contributed by atoms with E-state index in [0.29, 0.717) is 6.54 Å². The zero-order chi connectivity index (χ0) is 11.4. The number of amides is 1. The van der Waals surface area contributed by atoms with Crippen molar-refractivity contribution < 1.29 is 9.21 Å². The molecule has 3 N–H and O–H groups in total. The molecule has 1 amide bonds. The van der Waals surface area contributed by atoms with Gasteiger partial charge in [-0.15, -0.1) is 0 Å². The van der Waals surface area contributed by atoms with Crippen LogP contribution in [-0.4, -0.2) is 12.5 Å². The van der Waals surface area contributed by atoms with Crippen molar-refractivity contribution in [2.24, 2.45) is 11.7 Å². The average molecular weight is 210 g/mol. The molecular formula is C11H18N2O2. The molecule has 0 radical (unpaired) electrons. The number of carbonyl (C=O) groups excluding carboxylic acids is 1. The Balaban J connectivity index is 2.56. The number of nitrogens with one attached hydrogen (secondary N) is 1. The monoisotopic (exact) mass is 210 g/mol. The Kier molecular flexibility index (Phi) is 3.91. The van der Waals surface area contributed by atoms with E-state index in [4.69, 9.17) is 10.2 Å². The number of rotatable bonds is 4. The molecule has 84 valence electrons. The second-order valence-electron chi connectivity index (χ2n) is 3.82. The highest BCUT2D eigenvalue weighted by molar-refractivity contribution is 5.78. The minimum absolute atomic E-state index is 0.0425. The molecule has 0 aromatic carbocycles. The molecule has 0 saturated carbocycles. The summed E-state index contributed by atoms with van der Waals surface area (Å²) < 4.78 is 5.41. The summed E-state index contributed by atoms with van der Waals surface area (Å²) in [7, 11) is 0. The SMILES string of the molecule is Cc1ccc(C(C)NC(=O)C(C)CN)o1. The van der Waals surface area contributed by atoms with Gasteiger partial charge in [0.05, 0.1) is 6.04 Å². The summed E-state index contributed by atoms with van der Waals surface area (Å²) in [6.45, 7) is 5.92. The van der Waals surface area contributed by atoms with Crippen molar-refractivity contribution >= 4 is 5.91 Å². The van der Waals surface area contributed by atoms with Crippen LogP contribution in [0.2, 0.25) is 0 Å². The van der Waals surface area contributed by atoms with E-state index in [9.17, 15) is 4.79 Å². The van der Waals surface area contributed by atoms with Gasteiger partial charge in [-0.25, -0.2) is 0 Å². The lowest BCUT2D eigenvalue weighted by atomic mass is 10.1. The summed E-state index contributed by atoms with van der Waals surface area (Å²) >= 11 is 0. The summed E-state index contributed by atoms with van der Waals surface area (Å²) in [5.74, 6) is 1.41. The van der Waals surface area contributed by atoms with Gasteiger partial charge in [0.15, 0.2) is 0 Å². The van der Waals surface area contributed by atoms with E-state index in [1.807, 2.05) is 26.0 Å². The van der Waals surface area contributed by atoms with Crippen LogP contribution in [0.15, 0.2) is 16.5 Å². The van der Waals surface area contributed by atoms with E-state index < -0.39 is 0 Å². The molecule has 1 heterocycles. The topological polar surface area (TPSA) is 68.3 Å². The van der Waals surface area contributed by atoms with Crippen molar-refractivity contribution in [3.05, 3.63) is 23.7 Å². The average Bonchev–Trinajstić information content (AvgIpc) is 2.63. The first-order valence-electron chi connectivity index (χ1n) is 5.11. The molecule has 2 atom stereocenters. The summed E-state index contributed by atoms with van der Waals surface area (Å²) in [6, 6.07) is 3.64. The van der Waals surface area contributed by atoms with Crippen molar-refractivity contribution in [1.29, 1.82) is 0 Å². The zero-order valence-corrected chi connectivity index (χ0v) is 9.41. The molecule has 15 heavy (non-hydrogen) atoms. The fourth-order valence-electron chi connectivity index (χ4n) is 1.22. The Hall–Kier alpha value is -1.29. The van der Waals surface area contributed by atoms with E-state index in [-0.39, 0.29) is 17.9 Å². The maximum Gasteiger partial charge on any atom is 0.224 e. The maximum absolute atomic E-state index is 11.5. The summed E-state index contributed by atoms with van der Waals surface area (Å²) in [4.78, 5) is 11.5. The standard InChI is InChI=1S/C11H18N2O2/c1-7(6-12)11(14)13-9(3)10-5-4-8(2)15-10/h4-5,7,9H,6,12H2,1-3H3,(H,13,14). The molecule has 0 bridgehead atoms. The first-order chi connectivity index (χ1) is 7.04. The minimum Gasteiger partial charge on any atom is -0.464 e. The lowest BCUT2D eigenvalue weighted by Crippen LogP contribution is -2.34. The summed E-state index contributed by atoms with van der Waals surface area (Å²) in [6.07, 6.45) is 0. The molecule has 0 spiro atoms. The second-order valence-corrected chi connectivity index (χ2v) is 3.82. The highest BCUT2D eigenvalue weighted by atomic mass is 16.3. The number of carbonyl (C=O) groups is 1. The smallest absolute Gasteiger partial charge is 0.224 e. The predicted molar refractivity (Wildman–Crippen MR) is 58.2 cm³/mol. The Labute approximate surface area is 89.8 Å². The van der Waals surface area contributed by atoms with Crippen LogP contribution >= 0.6 is 0 Å².